The van der Waals surface area contributed by atoms with Crippen molar-refractivity contribution in [2.24, 2.45) is 0 Å². The van der Waals surface area contributed by atoms with Crippen LogP contribution in [-0.2, 0) is 0 Å². The Kier molecular flexibility index (Phi) is 6.83. The first-order valence-electron chi connectivity index (χ1n) is 18.4. The van der Waals surface area contributed by atoms with Gasteiger partial charge in [-0.2, -0.15) is 0 Å². The molecule has 5 heteroatoms. The number of ether oxygens (including phenoxy) is 2. The van der Waals surface area contributed by atoms with E-state index in [2.05, 4.69) is 163 Å². The molecule has 0 fully saturated rings. The first-order chi connectivity index (χ1) is 26.7. The highest BCUT2D eigenvalue weighted by atomic mass is 16.5. The van der Waals surface area contributed by atoms with Crippen LogP contribution in [0.15, 0.2) is 180 Å². The minimum Gasteiger partial charge on any atom is -0.458 e. The molecule has 0 N–H and O–H groups in total. The Bertz CT molecular complexity index is 2790. The van der Waals surface area contributed by atoms with Crippen molar-refractivity contribution < 1.29 is 13.9 Å². The van der Waals surface area contributed by atoms with Gasteiger partial charge >= 0.3 is 0 Å². The van der Waals surface area contributed by atoms with Crippen molar-refractivity contribution in [3.8, 4) is 45.3 Å². The first kappa shape index (κ1) is 30.6. The van der Waals surface area contributed by atoms with Gasteiger partial charge in [-0.15, -0.1) is 0 Å². The van der Waals surface area contributed by atoms with Crippen LogP contribution < -0.4 is 30.8 Å². The van der Waals surface area contributed by atoms with Crippen molar-refractivity contribution in [2.45, 2.75) is 6.92 Å². The molecule has 1 aromatic heterocycles. The molecule has 0 radical (unpaired) electrons. The zero-order chi connectivity index (χ0) is 35.8. The summed E-state index contributed by atoms with van der Waals surface area (Å²) in [5.74, 6) is 3.24. The third-order valence-corrected chi connectivity index (χ3v) is 10.9. The highest BCUT2D eigenvalue weighted by molar-refractivity contribution is 6.98. The number of hydrogen-bond acceptors (Lipinski definition) is 4. The molecule has 2 aliphatic rings. The summed E-state index contributed by atoms with van der Waals surface area (Å²) in [5.41, 5.74) is 13.5. The summed E-state index contributed by atoms with van der Waals surface area (Å²) >= 11 is 0. The maximum Gasteiger partial charge on any atom is 0.260 e. The summed E-state index contributed by atoms with van der Waals surface area (Å²) in [4.78, 5) is 2.26. The summed E-state index contributed by atoms with van der Waals surface area (Å²) in [5, 5.41) is 2.15. The third-order valence-electron chi connectivity index (χ3n) is 10.9. The quantitative estimate of drug-likeness (QED) is 0.168. The van der Waals surface area contributed by atoms with E-state index in [0.29, 0.717) is 0 Å². The van der Waals surface area contributed by atoms with Crippen molar-refractivity contribution >= 4 is 62.1 Å². The Balaban J connectivity index is 1.14. The fourth-order valence-corrected chi connectivity index (χ4v) is 8.26. The standard InChI is InChI=1S/C49H32BNO3/c1-31-19-23-36(24-20-31)51(42-17-10-16-39-38-15-8-9-18-43(38)54-49(39)42)37-29-46-48-47(30-37)53-45-28-35(33-13-6-3-7-14-33)22-26-41(45)50(48)40-25-21-34(27-44(40)52-46)32-11-4-2-5-12-32/h2-30H,1H3. The Morgan fingerprint density at radius 3 is 1.65 bits per heavy atom. The number of furan rings is 1. The van der Waals surface area contributed by atoms with E-state index in [1.165, 1.54) is 5.56 Å². The summed E-state index contributed by atoms with van der Waals surface area (Å²) < 4.78 is 20.6. The lowest BCUT2D eigenvalue weighted by molar-refractivity contribution is 0.465. The highest BCUT2D eigenvalue weighted by Gasteiger charge is 2.41. The van der Waals surface area contributed by atoms with Gasteiger partial charge in [0.15, 0.2) is 5.58 Å². The second-order valence-corrected chi connectivity index (χ2v) is 14.2. The molecule has 0 unspecified atom stereocenters. The summed E-state index contributed by atoms with van der Waals surface area (Å²) in [6.07, 6.45) is 0. The zero-order valence-electron chi connectivity index (χ0n) is 29.5. The molecule has 0 saturated heterocycles. The SMILES string of the molecule is Cc1ccc(N(c2cc3c4c(c2)Oc2cc(-c5ccccc5)ccc2B4c2ccc(-c4ccccc4)cc2O3)c2cccc3c2oc2ccccc23)cc1. The molecule has 0 spiro atoms. The number of para-hydroxylation sites is 2. The van der Waals surface area contributed by atoms with Crippen LogP contribution in [0.5, 0.6) is 23.0 Å². The molecule has 254 valence electrons. The maximum absolute atomic E-state index is 6.98. The number of hydrogen-bond donors (Lipinski definition) is 0. The van der Waals surface area contributed by atoms with Crippen LogP contribution in [0.2, 0.25) is 0 Å². The van der Waals surface area contributed by atoms with Gasteiger partial charge in [-0.05, 0) is 76.5 Å². The van der Waals surface area contributed by atoms with Crippen molar-refractivity contribution in [1.29, 1.82) is 0 Å². The van der Waals surface area contributed by atoms with Gasteiger partial charge < -0.3 is 18.8 Å². The summed E-state index contributed by atoms with van der Waals surface area (Å²) in [6.45, 7) is 2.04. The van der Waals surface area contributed by atoms with E-state index in [1.54, 1.807) is 0 Å². The van der Waals surface area contributed by atoms with Crippen LogP contribution in [0, 0.1) is 6.92 Å². The van der Waals surface area contributed by atoms with Crippen molar-refractivity contribution in [2.75, 3.05) is 4.90 Å². The van der Waals surface area contributed by atoms with Crippen molar-refractivity contribution in [3.63, 3.8) is 0 Å². The number of anilines is 3. The Morgan fingerprint density at radius 2 is 1.02 bits per heavy atom. The van der Waals surface area contributed by atoms with Crippen LogP contribution in [0.1, 0.15) is 5.56 Å². The number of aryl methyl sites for hydroxylation is 1. The largest absolute Gasteiger partial charge is 0.458 e. The van der Waals surface area contributed by atoms with Crippen LogP contribution in [0.25, 0.3) is 44.2 Å². The molecule has 11 rings (SSSR count). The first-order valence-corrected chi connectivity index (χ1v) is 18.4. The Hall–Kier alpha value is -6.98. The van der Waals surface area contributed by atoms with Crippen molar-refractivity contribution in [1.82, 2.24) is 0 Å². The second kappa shape index (κ2) is 12.0. The minimum atomic E-state index is -0.0715. The van der Waals surface area contributed by atoms with Crippen LogP contribution in [0.3, 0.4) is 0 Å². The number of nitrogens with zero attached hydrogens (tertiary/aromatic N) is 1. The van der Waals surface area contributed by atoms with Gasteiger partial charge in [-0.25, -0.2) is 0 Å². The molecule has 0 saturated carbocycles. The molecule has 3 heterocycles. The number of benzene rings is 8. The number of fused-ring (bicyclic) bond motifs is 7. The third kappa shape index (κ3) is 4.86. The van der Waals surface area contributed by atoms with Gasteiger partial charge in [0.2, 0.25) is 0 Å². The second-order valence-electron chi connectivity index (χ2n) is 14.2. The molecule has 8 aromatic carbocycles. The molecular formula is C49H32BNO3. The predicted octanol–water partition coefficient (Wildman–Crippen LogP) is 11.4. The van der Waals surface area contributed by atoms with Crippen molar-refractivity contribution in [3.05, 3.63) is 181 Å². The molecular weight excluding hydrogens is 661 g/mol. The Labute approximate surface area is 313 Å². The van der Waals surface area contributed by atoms with Crippen LogP contribution in [0.4, 0.5) is 17.1 Å². The lowest BCUT2D eigenvalue weighted by Crippen LogP contribution is -2.57. The molecule has 0 atom stereocenters. The summed E-state index contributed by atoms with van der Waals surface area (Å²) in [7, 11) is 0. The fraction of sp³-hybridized carbons (Fsp3) is 0.0204. The van der Waals surface area contributed by atoms with E-state index in [0.717, 1.165) is 101 Å². The lowest BCUT2D eigenvalue weighted by atomic mass is 9.34. The van der Waals surface area contributed by atoms with Gasteiger partial charge in [0.05, 0.1) is 11.4 Å². The highest BCUT2D eigenvalue weighted by Crippen LogP contribution is 2.46. The van der Waals surface area contributed by atoms with Gasteiger partial charge in [0.1, 0.15) is 28.6 Å². The average molecular weight is 694 g/mol. The molecule has 2 aliphatic heterocycles. The van der Waals surface area contributed by atoms with Gasteiger partial charge in [0, 0.05) is 34.1 Å². The van der Waals surface area contributed by atoms with Crippen LogP contribution in [-0.4, -0.2) is 6.71 Å². The smallest absolute Gasteiger partial charge is 0.260 e. The van der Waals surface area contributed by atoms with E-state index in [1.807, 2.05) is 24.3 Å². The normalized spacial score (nSPS) is 12.4. The summed E-state index contributed by atoms with van der Waals surface area (Å²) in [6, 6.07) is 61.7. The minimum absolute atomic E-state index is 0.0715. The van der Waals surface area contributed by atoms with E-state index in [9.17, 15) is 0 Å². The lowest BCUT2D eigenvalue weighted by Gasteiger charge is -2.35. The van der Waals surface area contributed by atoms with Gasteiger partial charge in [-0.3, -0.25) is 0 Å². The monoisotopic (exact) mass is 693 g/mol. The van der Waals surface area contributed by atoms with Gasteiger partial charge in [0.25, 0.3) is 6.71 Å². The molecule has 0 bridgehead atoms. The molecule has 0 aliphatic carbocycles. The van der Waals surface area contributed by atoms with E-state index < -0.39 is 0 Å². The zero-order valence-corrected chi connectivity index (χ0v) is 29.5. The predicted molar refractivity (Wildman–Crippen MR) is 222 cm³/mol. The maximum atomic E-state index is 6.98. The number of rotatable bonds is 5. The molecule has 0 amide bonds. The van der Waals surface area contributed by atoms with E-state index in [-0.39, 0.29) is 6.71 Å². The molecule has 4 nitrogen and oxygen atoms in total. The molecule has 54 heavy (non-hydrogen) atoms. The van der Waals surface area contributed by atoms with Gasteiger partial charge in [-0.1, -0.05) is 133 Å². The molecule has 9 aromatic rings. The van der Waals surface area contributed by atoms with E-state index >= 15 is 0 Å². The average Bonchev–Trinajstić information content (AvgIpc) is 3.61. The van der Waals surface area contributed by atoms with E-state index in [4.69, 9.17) is 13.9 Å². The van der Waals surface area contributed by atoms with Crippen LogP contribution >= 0.6 is 0 Å². The topological polar surface area (TPSA) is 34.8 Å². The fourth-order valence-electron chi connectivity index (χ4n) is 8.26. The Morgan fingerprint density at radius 1 is 0.444 bits per heavy atom.